The third kappa shape index (κ3) is 4.65. The van der Waals surface area contributed by atoms with Crippen molar-refractivity contribution in [2.45, 2.75) is 26.7 Å². The summed E-state index contributed by atoms with van der Waals surface area (Å²) in [6.07, 6.45) is 0. The van der Waals surface area contributed by atoms with Gasteiger partial charge in [0.05, 0.1) is 5.92 Å². The Kier molecular flexibility index (Phi) is 5.75. The van der Waals surface area contributed by atoms with E-state index in [0.717, 1.165) is 16.9 Å². The summed E-state index contributed by atoms with van der Waals surface area (Å²) in [5, 5.41) is 0. The molecule has 0 aliphatic carbocycles. The minimum Gasteiger partial charge on any atom is -0.340 e. The average molecular weight is 357 g/mol. The fourth-order valence-corrected chi connectivity index (χ4v) is 3.31. The smallest absolute Gasteiger partial charge is 0.147 e. The molecule has 138 valence electrons. The lowest BCUT2D eigenvalue weighted by molar-refractivity contribution is -0.127. The van der Waals surface area contributed by atoms with Crippen molar-refractivity contribution >= 4 is 17.2 Å². The highest BCUT2D eigenvalue weighted by molar-refractivity contribution is 5.91. The van der Waals surface area contributed by atoms with E-state index in [1.165, 1.54) is 0 Å². The van der Waals surface area contributed by atoms with Crippen molar-refractivity contribution < 1.29 is 4.79 Å². The highest BCUT2D eigenvalue weighted by atomic mass is 16.1. The maximum Gasteiger partial charge on any atom is 0.147 e. The quantitative estimate of drug-likeness (QED) is 0.521. The van der Waals surface area contributed by atoms with Crippen LogP contribution in [0.5, 0.6) is 0 Å². The Morgan fingerprint density at radius 3 is 1.56 bits per heavy atom. The largest absolute Gasteiger partial charge is 0.340 e. The molecule has 0 aliphatic heterocycles. The number of Topliss-reactive ketones (excluding diaryl/α,β-unsaturated/α-hetero) is 1. The van der Waals surface area contributed by atoms with Gasteiger partial charge in [-0.1, -0.05) is 87.5 Å². The normalized spacial score (nSPS) is 12.4. The molecule has 27 heavy (non-hydrogen) atoms. The molecule has 0 aliphatic rings. The third-order valence-electron chi connectivity index (χ3n) is 4.76. The first-order chi connectivity index (χ1) is 13.0. The summed E-state index contributed by atoms with van der Waals surface area (Å²) in [4.78, 5) is 15.6. The molecular formula is C25H27NO. The highest BCUT2D eigenvalue weighted by Crippen LogP contribution is 2.33. The number of anilines is 2. The molecule has 3 rings (SSSR count). The van der Waals surface area contributed by atoms with Crippen LogP contribution in [0, 0.1) is 5.41 Å². The van der Waals surface area contributed by atoms with E-state index in [1.54, 1.807) is 0 Å². The van der Waals surface area contributed by atoms with Gasteiger partial charge >= 0.3 is 0 Å². The summed E-state index contributed by atoms with van der Waals surface area (Å²) >= 11 is 0. The molecule has 0 saturated heterocycles. The van der Waals surface area contributed by atoms with Crippen molar-refractivity contribution in [2.75, 3.05) is 11.4 Å². The van der Waals surface area contributed by atoms with E-state index in [1.807, 2.05) is 75.4 Å². The zero-order chi connectivity index (χ0) is 19.3. The molecule has 0 amide bonds. The van der Waals surface area contributed by atoms with E-state index < -0.39 is 5.41 Å². The zero-order valence-electron chi connectivity index (χ0n) is 16.3. The van der Waals surface area contributed by atoms with Crippen molar-refractivity contribution in [1.82, 2.24) is 0 Å². The van der Waals surface area contributed by atoms with Crippen molar-refractivity contribution in [3.8, 4) is 0 Å². The molecule has 0 aromatic heterocycles. The fourth-order valence-electron chi connectivity index (χ4n) is 3.31. The summed E-state index contributed by atoms with van der Waals surface area (Å²) in [7, 11) is 0. The first kappa shape index (κ1) is 18.9. The second-order valence-electron chi connectivity index (χ2n) is 7.86. The maximum atomic E-state index is 13.3. The number of hydrogen-bond acceptors (Lipinski definition) is 2. The van der Waals surface area contributed by atoms with Gasteiger partial charge < -0.3 is 4.90 Å². The van der Waals surface area contributed by atoms with Crippen molar-refractivity contribution in [3.63, 3.8) is 0 Å². The first-order valence-corrected chi connectivity index (χ1v) is 9.44. The van der Waals surface area contributed by atoms with Gasteiger partial charge in [-0.15, -0.1) is 0 Å². The molecule has 1 unspecified atom stereocenters. The van der Waals surface area contributed by atoms with Crippen LogP contribution in [0.4, 0.5) is 11.4 Å². The number of hydrogen-bond donors (Lipinski definition) is 0. The predicted octanol–water partition coefficient (Wildman–Crippen LogP) is 6.22. The van der Waals surface area contributed by atoms with Gasteiger partial charge in [-0.2, -0.15) is 0 Å². The molecule has 1 atom stereocenters. The lowest BCUT2D eigenvalue weighted by Crippen LogP contribution is -2.34. The summed E-state index contributed by atoms with van der Waals surface area (Å²) < 4.78 is 0. The van der Waals surface area contributed by atoms with Gasteiger partial charge in [0.2, 0.25) is 0 Å². The predicted molar refractivity (Wildman–Crippen MR) is 114 cm³/mol. The monoisotopic (exact) mass is 357 g/mol. The maximum absolute atomic E-state index is 13.3. The van der Waals surface area contributed by atoms with Crippen LogP contribution >= 0.6 is 0 Å². The van der Waals surface area contributed by atoms with Crippen molar-refractivity contribution in [2.24, 2.45) is 5.41 Å². The third-order valence-corrected chi connectivity index (χ3v) is 4.76. The lowest BCUT2D eigenvalue weighted by Gasteiger charge is -2.32. The number of ketones is 1. The minimum atomic E-state index is -0.403. The minimum absolute atomic E-state index is 0.202. The van der Waals surface area contributed by atoms with Crippen LogP contribution in [0.15, 0.2) is 91.0 Å². The van der Waals surface area contributed by atoms with Crippen LogP contribution in [-0.4, -0.2) is 12.3 Å². The Bertz CT molecular complexity index is 812. The number of carbonyl (C=O) groups is 1. The first-order valence-electron chi connectivity index (χ1n) is 9.44. The van der Waals surface area contributed by atoms with Crippen LogP contribution in [0.3, 0.4) is 0 Å². The van der Waals surface area contributed by atoms with Crippen LogP contribution in [0.1, 0.15) is 32.3 Å². The highest BCUT2D eigenvalue weighted by Gasteiger charge is 2.32. The molecular weight excluding hydrogens is 330 g/mol. The molecule has 0 radical (unpaired) electrons. The van der Waals surface area contributed by atoms with E-state index in [4.69, 9.17) is 0 Å². The Hall–Kier alpha value is -2.87. The van der Waals surface area contributed by atoms with Crippen LogP contribution in [-0.2, 0) is 4.79 Å². The van der Waals surface area contributed by atoms with E-state index in [0.29, 0.717) is 6.54 Å². The van der Waals surface area contributed by atoms with Crippen molar-refractivity contribution in [1.29, 1.82) is 0 Å². The van der Waals surface area contributed by atoms with Crippen molar-refractivity contribution in [3.05, 3.63) is 96.6 Å². The molecule has 0 fully saturated rings. The number of benzene rings is 3. The number of rotatable bonds is 6. The summed E-state index contributed by atoms with van der Waals surface area (Å²) in [5.74, 6) is 0.0529. The second kappa shape index (κ2) is 8.22. The molecule has 0 heterocycles. The Morgan fingerprint density at radius 2 is 1.15 bits per heavy atom. The molecule has 2 nitrogen and oxygen atoms in total. The van der Waals surface area contributed by atoms with E-state index >= 15 is 0 Å². The Morgan fingerprint density at radius 1 is 0.741 bits per heavy atom. The Labute approximate surface area is 162 Å². The Balaban J connectivity index is 2.04. The average Bonchev–Trinajstić information content (AvgIpc) is 2.70. The molecule has 0 spiro atoms. The standard InChI is InChI=1S/C25H27NO/c1-25(2,3)24(27)23(20-13-7-4-8-14-20)19-26(21-15-9-5-10-16-21)22-17-11-6-12-18-22/h4-18,23H,19H2,1-3H3. The van der Waals surface area contributed by atoms with Gasteiger partial charge in [0.25, 0.3) is 0 Å². The molecule has 0 N–H and O–H groups in total. The molecule has 3 aromatic rings. The number of nitrogens with zero attached hydrogens (tertiary/aromatic N) is 1. The van der Waals surface area contributed by atoms with E-state index in [9.17, 15) is 4.79 Å². The summed E-state index contributed by atoms with van der Waals surface area (Å²) in [6, 6.07) is 30.7. The van der Waals surface area contributed by atoms with Gasteiger partial charge in [0, 0.05) is 23.3 Å². The molecule has 2 heteroatoms. The summed E-state index contributed by atoms with van der Waals surface area (Å²) in [5.41, 5.74) is 2.84. The number of para-hydroxylation sites is 2. The fraction of sp³-hybridized carbons (Fsp3) is 0.240. The summed E-state index contributed by atoms with van der Waals surface area (Å²) in [6.45, 7) is 6.61. The van der Waals surface area contributed by atoms with Crippen LogP contribution < -0.4 is 4.90 Å². The van der Waals surface area contributed by atoms with Gasteiger partial charge in [0.1, 0.15) is 5.78 Å². The second-order valence-corrected chi connectivity index (χ2v) is 7.86. The van der Waals surface area contributed by atoms with E-state index in [-0.39, 0.29) is 11.7 Å². The van der Waals surface area contributed by atoms with Crippen LogP contribution in [0.2, 0.25) is 0 Å². The topological polar surface area (TPSA) is 20.3 Å². The SMILES string of the molecule is CC(C)(C)C(=O)C(CN(c1ccccc1)c1ccccc1)c1ccccc1. The molecule has 0 saturated carbocycles. The van der Waals surface area contributed by atoms with Gasteiger partial charge in [-0.25, -0.2) is 0 Å². The molecule has 3 aromatic carbocycles. The lowest BCUT2D eigenvalue weighted by atomic mass is 9.79. The van der Waals surface area contributed by atoms with E-state index in [2.05, 4.69) is 41.3 Å². The van der Waals surface area contributed by atoms with Gasteiger partial charge in [-0.05, 0) is 29.8 Å². The van der Waals surface area contributed by atoms with Gasteiger partial charge in [-0.3, -0.25) is 4.79 Å². The van der Waals surface area contributed by atoms with Crippen LogP contribution in [0.25, 0.3) is 0 Å². The molecule has 0 bridgehead atoms. The number of carbonyl (C=O) groups excluding carboxylic acids is 1. The van der Waals surface area contributed by atoms with Gasteiger partial charge in [0.15, 0.2) is 0 Å². The zero-order valence-corrected chi connectivity index (χ0v) is 16.3.